The third-order valence-electron chi connectivity index (χ3n) is 5.05. The number of carbonyl (C=O) groups is 1. The van der Waals surface area contributed by atoms with E-state index in [0.29, 0.717) is 10.8 Å². The highest BCUT2D eigenvalue weighted by Gasteiger charge is 2.14. The van der Waals surface area contributed by atoms with Crippen LogP contribution in [0.25, 0.3) is 5.69 Å². The van der Waals surface area contributed by atoms with Gasteiger partial charge in [-0.15, -0.1) is 0 Å². The Morgan fingerprint density at radius 3 is 2.45 bits per heavy atom. The molecule has 0 radical (unpaired) electrons. The van der Waals surface area contributed by atoms with Gasteiger partial charge in [0, 0.05) is 22.6 Å². The average Bonchev–Trinajstić information content (AvgIpc) is 3.00. The van der Waals surface area contributed by atoms with E-state index in [1.54, 1.807) is 30.5 Å². The fourth-order valence-electron chi connectivity index (χ4n) is 3.34. The van der Waals surface area contributed by atoms with Crippen LogP contribution in [0, 0.1) is 13.8 Å². The average molecular weight is 438 g/mol. The Hall–Kier alpha value is -3.05. The van der Waals surface area contributed by atoms with Crippen LogP contribution in [0.1, 0.15) is 43.3 Å². The van der Waals surface area contributed by atoms with Crippen molar-refractivity contribution in [2.75, 3.05) is 6.61 Å². The van der Waals surface area contributed by atoms with Gasteiger partial charge in [-0.25, -0.2) is 5.43 Å². The molecular formula is C25H28ClN3O2. The van der Waals surface area contributed by atoms with Crippen LogP contribution >= 0.6 is 11.6 Å². The maximum atomic E-state index is 12.0. The number of para-hydroxylation sites is 1. The molecule has 0 fully saturated rings. The molecule has 0 saturated carbocycles. The summed E-state index contributed by atoms with van der Waals surface area (Å²) in [5.41, 5.74) is 8.08. The van der Waals surface area contributed by atoms with E-state index in [1.165, 1.54) is 5.56 Å². The topological polar surface area (TPSA) is 55.6 Å². The van der Waals surface area contributed by atoms with Crippen molar-refractivity contribution in [1.82, 2.24) is 9.99 Å². The number of carbonyl (C=O) groups excluding carboxylic acids is 1. The minimum Gasteiger partial charge on any atom is -0.482 e. The van der Waals surface area contributed by atoms with E-state index < -0.39 is 0 Å². The van der Waals surface area contributed by atoms with Crippen LogP contribution < -0.4 is 10.2 Å². The molecule has 0 aliphatic heterocycles. The zero-order valence-corrected chi connectivity index (χ0v) is 19.3. The molecule has 1 amide bonds. The van der Waals surface area contributed by atoms with Gasteiger partial charge in [0.25, 0.3) is 5.91 Å². The van der Waals surface area contributed by atoms with Crippen molar-refractivity contribution in [3.63, 3.8) is 0 Å². The van der Waals surface area contributed by atoms with Gasteiger partial charge in [-0.1, -0.05) is 56.6 Å². The molecule has 0 spiro atoms. The maximum Gasteiger partial charge on any atom is 0.277 e. The van der Waals surface area contributed by atoms with Gasteiger partial charge in [-0.05, 0) is 55.2 Å². The molecular weight excluding hydrogens is 410 g/mol. The van der Waals surface area contributed by atoms with E-state index in [1.807, 2.05) is 13.0 Å². The Morgan fingerprint density at radius 1 is 1.13 bits per heavy atom. The fraction of sp³-hybridized carbons (Fsp3) is 0.280. The molecule has 1 N–H and O–H groups in total. The number of benzene rings is 2. The highest BCUT2D eigenvalue weighted by Crippen LogP contribution is 2.25. The van der Waals surface area contributed by atoms with Gasteiger partial charge < -0.3 is 9.30 Å². The van der Waals surface area contributed by atoms with E-state index in [0.717, 1.165) is 22.6 Å². The van der Waals surface area contributed by atoms with Crippen molar-refractivity contribution in [2.45, 2.75) is 40.0 Å². The largest absolute Gasteiger partial charge is 0.482 e. The number of nitrogens with one attached hydrogen (secondary N) is 1. The molecule has 0 bridgehead atoms. The molecule has 5 nitrogen and oxygen atoms in total. The second-order valence-electron chi connectivity index (χ2n) is 8.47. The number of hydrogen-bond donors (Lipinski definition) is 1. The number of aromatic nitrogens is 1. The number of rotatable bonds is 6. The predicted molar refractivity (Wildman–Crippen MR) is 127 cm³/mol. The molecule has 3 rings (SSSR count). The summed E-state index contributed by atoms with van der Waals surface area (Å²) in [5, 5.41) is 4.54. The molecule has 0 saturated heterocycles. The molecule has 31 heavy (non-hydrogen) atoms. The van der Waals surface area contributed by atoms with Gasteiger partial charge in [0.1, 0.15) is 5.75 Å². The molecule has 162 valence electrons. The summed E-state index contributed by atoms with van der Waals surface area (Å²) in [6, 6.07) is 17.7. The number of hydrogen-bond acceptors (Lipinski definition) is 3. The highest BCUT2D eigenvalue weighted by atomic mass is 35.5. The number of nitrogens with zero attached hydrogens (tertiary/aromatic N) is 2. The quantitative estimate of drug-likeness (QED) is 0.404. The van der Waals surface area contributed by atoms with E-state index in [9.17, 15) is 4.79 Å². The lowest BCUT2D eigenvalue weighted by Crippen LogP contribution is -2.24. The summed E-state index contributed by atoms with van der Waals surface area (Å²) in [5.74, 6) is 0.104. The minimum atomic E-state index is -0.359. The number of ether oxygens (including phenoxy) is 1. The van der Waals surface area contributed by atoms with Crippen LogP contribution in [0.3, 0.4) is 0 Å². The SMILES string of the molecule is Cc1cc(/C=N\NC(=O)COc2ccccc2Cl)c(C)n1-c1ccc(C(C)(C)C)cc1. The van der Waals surface area contributed by atoms with Crippen LogP contribution in [-0.2, 0) is 10.2 Å². The van der Waals surface area contributed by atoms with Crippen molar-refractivity contribution < 1.29 is 9.53 Å². The Morgan fingerprint density at radius 2 is 1.81 bits per heavy atom. The molecule has 1 aromatic heterocycles. The van der Waals surface area contributed by atoms with Crippen molar-refractivity contribution in [3.8, 4) is 11.4 Å². The number of aryl methyl sites for hydroxylation is 1. The molecule has 6 heteroatoms. The van der Waals surface area contributed by atoms with Gasteiger partial charge in [-0.2, -0.15) is 5.10 Å². The van der Waals surface area contributed by atoms with Crippen LogP contribution in [0.5, 0.6) is 5.75 Å². The summed E-state index contributed by atoms with van der Waals surface area (Å²) in [4.78, 5) is 12.0. The summed E-state index contributed by atoms with van der Waals surface area (Å²) in [6.07, 6.45) is 1.65. The molecule has 0 aliphatic carbocycles. The van der Waals surface area contributed by atoms with Crippen LogP contribution in [-0.4, -0.2) is 23.3 Å². The first-order valence-electron chi connectivity index (χ1n) is 10.2. The van der Waals surface area contributed by atoms with Crippen molar-refractivity contribution in [2.24, 2.45) is 5.10 Å². The van der Waals surface area contributed by atoms with Gasteiger partial charge in [-0.3, -0.25) is 4.79 Å². The van der Waals surface area contributed by atoms with Crippen molar-refractivity contribution >= 4 is 23.7 Å². The van der Waals surface area contributed by atoms with Gasteiger partial charge in [0.05, 0.1) is 11.2 Å². The standard InChI is InChI=1S/C25H28ClN3O2/c1-17-14-19(15-27-28-24(30)16-31-23-9-7-6-8-22(23)26)18(2)29(17)21-12-10-20(11-13-21)25(3,4)5/h6-15H,16H2,1-5H3,(H,28,30)/b27-15-. The molecule has 1 heterocycles. The maximum absolute atomic E-state index is 12.0. The summed E-state index contributed by atoms with van der Waals surface area (Å²) < 4.78 is 7.59. The van der Waals surface area contributed by atoms with Gasteiger partial charge >= 0.3 is 0 Å². The van der Waals surface area contributed by atoms with Crippen molar-refractivity contribution in [3.05, 3.63) is 82.1 Å². The summed E-state index contributed by atoms with van der Waals surface area (Å²) in [6.45, 7) is 10.5. The molecule has 0 unspecified atom stereocenters. The van der Waals surface area contributed by atoms with Crippen LogP contribution in [0.2, 0.25) is 5.02 Å². The normalized spacial score (nSPS) is 11.7. The molecule has 0 atom stereocenters. The predicted octanol–water partition coefficient (Wildman–Crippen LogP) is 5.57. The van der Waals surface area contributed by atoms with E-state index in [-0.39, 0.29) is 17.9 Å². The van der Waals surface area contributed by atoms with E-state index >= 15 is 0 Å². The zero-order valence-electron chi connectivity index (χ0n) is 18.6. The first-order chi connectivity index (χ1) is 14.7. The van der Waals surface area contributed by atoms with Gasteiger partial charge in [0.15, 0.2) is 6.61 Å². The summed E-state index contributed by atoms with van der Waals surface area (Å²) >= 11 is 6.02. The second kappa shape index (κ2) is 9.40. The monoisotopic (exact) mass is 437 g/mol. The molecule has 0 aliphatic rings. The van der Waals surface area contributed by atoms with E-state index in [2.05, 4.69) is 67.1 Å². The Kier molecular flexibility index (Phi) is 6.86. The Bertz CT molecular complexity index is 1090. The first kappa shape index (κ1) is 22.6. The summed E-state index contributed by atoms with van der Waals surface area (Å²) in [7, 11) is 0. The van der Waals surface area contributed by atoms with Crippen LogP contribution in [0.4, 0.5) is 0 Å². The molecule has 3 aromatic rings. The smallest absolute Gasteiger partial charge is 0.277 e. The number of hydrazone groups is 1. The lowest BCUT2D eigenvalue weighted by Gasteiger charge is -2.20. The molecule has 2 aromatic carbocycles. The van der Waals surface area contributed by atoms with Crippen LogP contribution in [0.15, 0.2) is 59.7 Å². The van der Waals surface area contributed by atoms with Gasteiger partial charge in [0.2, 0.25) is 0 Å². The number of amides is 1. The highest BCUT2D eigenvalue weighted by molar-refractivity contribution is 6.32. The number of halogens is 1. The Labute approximate surface area is 188 Å². The fourth-order valence-corrected chi connectivity index (χ4v) is 3.53. The second-order valence-corrected chi connectivity index (χ2v) is 8.88. The lowest BCUT2D eigenvalue weighted by molar-refractivity contribution is -0.123. The third-order valence-corrected chi connectivity index (χ3v) is 5.36. The zero-order chi connectivity index (χ0) is 22.6. The lowest BCUT2D eigenvalue weighted by atomic mass is 9.87. The van der Waals surface area contributed by atoms with E-state index in [4.69, 9.17) is 16.3 Å². The third kappa shape index (κ3) is 5.56. The van der Waals surface area contributed by atoms with Crippen molar-refractivity contribution in [1.29, 1.82) is 0 Å². The Balaban J connectivity index is 1.65. The minimum absolute atomic E-state index is 0.116. The first-order valence-corrected chi connectivity index (χ1v) is 10.5.